The van der Waals surface area contributed by atoms with Gasteiger partial charge < -0.3 is 10.0 Å². The van der Waals surface area contributed by atoms with E-state index in [0.717, 1.165) is 18.9 Å². The Kier molecular flexibility index (Phi) is 6.09. The number of benzene rings is 1. The van der Waals surface area contributed by atoms with Crippen molar-refractivity contribution >= 4 is 0 Å². The summed E-state index contributed by atoms with van der Waals surface area (Å²) in [4.78, 5) is 5.03. The van der Waals surface area contributed by atoms with Crippen LogP contribution in [0.15, 0.2) is 30.3 Å². The van der Waals surface area contributed by atoms with Crippen LogP contribution in [0.25, 0.3) is 0 Å². The number of hydrogen-bond donors (Lipinski definition) is 1. The number of aliphatic hydroxyl groups excluding tert-OH is 1. The van der Waals surface area contributed by atoms with Crippen molar-refractivity contribution < 1.29 is 5.11 Å². The quantitative estimate of drug-likeness (QED) is 0.904. The van der Waals surface area contributed by atoms with Crippen molar-refractivity contribution in [2.45, 2.75) is 57.2 Å². The van der Waals surface area contributed by atoms with Crippen LogP contribution in [0.1, 0.15) is 44.1 Å². The summed E-state index contributed by atoms with van der Waals surface area (Å²) < 4.78 is 0. The van der Waals surface area contributed by atoms with E-state index in [9.17, 15) is 5.11 Å². The maximum Gasteiger partial charge on any atom is 0.0695 e. The zero-order valence-corrected chi connectivity index (χ0v) is 14.5. The lowest BCUT2D eigenvalue weighted by molar-refractivity contribution is 0.00168. The van der Waals surface area contributed by atoms with Gasteiger partial charge in [0.1, 0.15) is 0 Å². The molecule has 0 radical (unpaired) electrons. The van der Waals surface area contributed by atoms with Gasteiger partial charge in [0.25, 0.3) is 0 Å². The van der Waals surface area contributed by atoms with Crippen molar-refractivity contribution in [1.29, 1.82) is 0 Å². The lowest BCUT2D eigenvalue weighted by Crippen LogP contribution is -2.49. The lowest BCUT2D eigenvalue weighted by atomic mass is 9.88. The highest BCUT2D eigenvalue weighted by Crippen LogP contribution is 2.27. The third kappa shape index (κ3) is 4.79. The largest absolute Gasteiger partial charge is 0.391 e. The summed E-state index contributed by atoms with van der Waals surface area (Å²) >= 11 is 0. The van der Waals surface area contributed by atoms with E-state index in [2.05, 4.69) is 47.2 Å². The smallest absolute Gasteiger partial charge is 0.0695 e. The van der Waals surface area contributed by atoms with E-state index in [1.807, 2.05) is 0 Å². The zero-order chi connectivity index (χ0) is 16.1. The van der Waals surface area contributed by atoms with Crippen LogP contribution in [0.4, 0.5) is 0 Å². The maximum atomic E-state index is 10.2. The fourth-order valence-corrected chi connectivity index (χ4v) is 4.39. The minimum absolute atomic E-state index is 0.0824. The standard InChI is InChI=1S/C20H32N2O/c1-21(15-17-7-3-2-4-8-17)16-18-11-13-22(14-12-18)19-9-5-6-10-20(19)23/h2-4,7-8,18-20,23H,5-6,9-16H2,1H3/t19-,20+/m0/s1. The number of nitrogens with zero attached hydrogens (tertiary/aromatic N) is 2. The molecule has 1 N–H and O–H groups in total. The summed E-state index contributed by atoms with van der Waals surface area (Å²) in [5.74, 6) is 0.806. The van der Waals surface area contributed by atoms with Crippen molar-refractivity contribution in [2.75, 3.05) is 26.7 Å². The van der Waals surface area contributed by atoms with Crippen LogP contribution in [-0.4, -0.2) is 53.7 Å². The molecule has 128 valence electrons. The molecule has 3 nitrogen and oxygen atoms in total. The molecule has 0 spiro atoms. The Labute approximate surface area is 141 Å². The molecule has 1 saturated carbocycles. The van der Waals surface area contributed by atoms with E-state index in [1.54, 1.807) is 0 Å². The van der Waals surface area contributed by atoms with Crippen molar-refractivity contribution in [3.05, 3.63) is 35.9 Å². The second-order valence-electron chi connectivity index (χ2n) is 7.58. The van der Waals surface area contributed by atoms with Gasteiger partial charge in [-0.15, -0.1) is 0 Å². The van der Waals surface area contributed by atoms with E-state index >= 15 is 0 Å². The monoisotopic (exact) mass is 316 g/mol. The predicted octanol–water partition coefficient (Wildman–Crippen LogP) is 3.13. The van der Waals surface area contributed by atoms with E-state index in [1.165, 1.54) is 57.3 Å². The van der Waals surface area contributed by atoms with Gasteiger partial charge in [-0.25, -0.2) is 0 Å². The van der Waals surface area contributed by atoms with Gasteiger partial charge in [-0.05, 0) is 57.3 Å². The normalized spacial score (nSPS) is 27.4. The van der Waals surface area contributed by atoms with Gasteiger partial charge in [-0.3, -0.25) is 4.90 Å². The van der Waals surface area contributed by atoms with Crippen molar-refractivity contribution in [1.82, 2.24) is 9.80 Å². The second-order valence-corrected chi connectivity index (χ2v) is 7.58. The zero-order valence-electron chi connectivity index (χ0n) is 14.5. The summed E-state index contributed by atoms with van der Waals surface area (Å²) in [6.07, 6.45) is 7.18. The molecular weight excluding hydrogens is 284 g/mol. The second kappa shape index (κ2) is 8.27. The molecule has 1 aliphatic heterocycles. The van der Waals surface area contributed by atoms with Crippen molar-refractivity contribution in [3.63, 3.8) is 0 Å². The van der Waals surface area contributed by atoms with Crippen LogP contribution in [0.5, 0.6) is 0 Å². The molecule has 1 aliphatic carbocycles. The Balaban J connectivity index is 1.42. The van der Waals surface area contributed by atoms with Gasteiger partial charge in [0.05, 0.1) is 6.10 Å². The molecule has 2 aliphatic rings. The van der Waals surface area contributed by atoms with E-state index in [4.69, 9.17) is 0 Å². The maximum absolute atomic E-state index is 10.2. The summed E-state index contributed by atoms with van der Waals surface area (Å²) in [5.41, 5.74) is 1.40. The Hall–Kier alpha value is -0.900. The third-order valence-electron chi connectivity index (χ3n) is 5.68. The molecule has 23 heavy (non-hydrogen) atoms. The summed E-state index contributed by atoms with van der Waals surface area (Å²) in [7, 11) is 2.24. The number of rotatable bonds is 5. The Bertz CT molecular complexity index is 456. The fraction of sp³-hybridized carbons (Fsp3) is 0.700. The molecule has 1 saturated heterocycles. The highest BCUT2D eigenvalue weighted by Gasteiger charge is 2.31. The third-order valence-corrected chi connectivity index (χ3v) is 5.68. The van der Waals surface area contributed by atoms with Gasteiger partial charge in [0.15, 0.2) is 0 Å². The van der Waals surface area contributed by atoms with E-state index in [-0.39, 0.29) is 6.10 Å². The molecule has 3 rings (SSSR count). The molecule has 1 aromatic rings. The van der Waals surface area contributed by atoms with E-state index in [0.29, 0.717) is 6.04 Å². The van der Waals surface area contributed by atoms with Crippen LogP contribution >= 0.6 is 0 Å². The van der Waals surface area contributed by atoms with Gasteiger partial charge in [0.2, 0.25) is 0 Å². The van der Waals surface area contributed by atoms with Crippen LogP contribution < -0.4 is 0 Å². The van der Waals surface area contributed by atoms with Crippen molar-refractivity contribution in [3.8, 4) is 0 Å². The first-order chi connectivity index (χ1) is 11.2. The number of aliphatic hydroxyl groups is 1. The van der Waals surface area contributed by atoms with Gasteiger partial charge in [0, 0.05) is 19.1 Å². The molecule has 2 fully saturated rings. The van der Waals surface area contributed by atoms with Gasteiger partial charge in [-0.2, -0.15) is 0 Å². The summed E-state index contributed by atoms with van der Waals surface area (Å²) in [6.45, 7) is 4.58. The molecule has 0 aromatic heterocycles. The lowest BCUT2D eigenvalue weighted by Gasteiger charge is -2.42. The van der Waals surface area contributed by atoms with Crippen LogP contribution in [0, 0.1) is 5.92 Å². The highest BCUT2D eigenvalue weighted by atomic mass is 16.3. The van der Waals surface area contributed by atoms with Crippen LogP contribution in [-0.2, 0) is 6.54 Å². The number of hydrogen-bond acceptors (Lipinski definition) is 3. The summed E-state index contributed by atoms with van der Waals surface area (Å²) in [6, 6.07) is 11.2. The molecule has 0 unspecified atom stereocenters. The number of piperidine rings is 1. The molecule has 3 heteroatoms. The molecular formula is C20H32N2O. The fourth-order valence-electron chi connectivity index (χ4n) is 4.39. The predicted molar refractivity (Wildman–Crippen MR) is 95.3 cm³/mol. The Morgan fingerprint density at radius 1 is 1.04 bits per heavy atom. The topological polar surface area (TPSA) is 26.7 Å². The molecule has 0 bridgehead atoms. The molecule has 0 amide bonds. The van der Waals surface area contributed by atoms with Crippen LogP contribution in [0.2, 0.25) is 0 Å². The first-order valence-corrected chi connectivity index (χ1v) is 9.37. The first-order valence-electron chi connectivity index (χ1n) is 9.37. The van der Waals surface area contributed by atoms with Crippen LogP contribution in [0.3, 0.4) is 0 Å². The molecule has 2 atom stereocenters. The average molecular weight is 316 g/mol. The Morgan fingerprint density at radius 3 is 2.43 bits per heavy atom. The average Bonchev–Trinajstić information content (AvgIpc) is 2.57. The Morgan fingerprint density at radius 2 is 1.74 bits per heavy atom. The first kappa shape index (κ1) is 16.9. The minimum Gasteiger partial charge on any atom is -0.391 e. The number of likely N-dealkylation sites (tertiary alicyclic amines) is 1. The van der Waals surface area contributed by atoms with Gasteiger partial charge >= 0.3 is 0 Å². The van der Waals surface area contributed by atoms with Gasteiger partial charge in [-0.1, -0.05) is 43.2 Å². The molecule has 1 aromatic carbocycles. The van der Waals surface area contributed by atoms with E-state index < -0.39 is 0 Å². The summed E-state index contributed by atoms with van der Waals surface area (Å²) in [5, 5.41) is 10.2. The molecule has 1 heterocycles. The minimum atomic E-state index is -0.0824. The van der Waals surface area contributed by atoms with Crippen molar-refractivity contribution in [2.24, 2.45) is 5.92 Å². The highest BCUT2D eigenvalue weighted by molar-refractivity contribution is 5.14. The SMILES string of the molecule is CN(Cc1ccccc1)CC1CCN([C@H]2CCCC[C@H]2O)CC1.